The second kappa shape index (κ2) is 6.29. The van der Waals surface area contributed by atoms with Gasteiger partial charge in [0.1, 0.15) is 11.1 Å². The minimum absolute atomic E-state index is 0.121. The Morgan fingerprint density at radius 1 is 1.39 bits per heavy atom. The zero-order valence-electron chi connectivity index (χ0n) is 12.1. The molecule has 114 valence electrons. The fraction of sp³-hybridized carbons (Fsp3) is 0.0588. The van der Waals surface area contributed by atoms with Crippen LogP contribution in [0, 0.1) is 11.3 Å². The smallest absolute Gasteiger partial charge is 0.176 e. The SMILES string of the molecule is COc1cc(/C=C(\C#N)c2nc3ccccc3s2)cc(Cl)c1O. The molecule has 6 heteroatoms. The fourth-order valence-electron chi connectivity index (χ4n) is 2.13. The Labute approximate surface area is 141 Å². The van der Waals surface area contributed by atoms with Crippen molar-refractivity contribution in [2.75, 3.05) is 7.11 Å². The van der Waals surface area contributed by atoms with Crippen LogP contribution in [0.15, 0.2) is 36.4 Å². The first-order valence-corrected chi connectivity index (χ1v) is 7.86. The quantitative estimate of drug-likeness (QED) is 0.699. The van der Waals surface area contributed by atoms with Gasteiger partial charge >= 0.3 is 0 Å². The Morgan fingerprint density at radius 3 is 2.87 bits per heavy atom. The number of halogens is 1. The number of para-hydroxylation sites is 1. The summed E-state index contributed by atoms with van der Waals surface area (Å²) in [6.07, 6.45) is 1.67. The molecule has 0 unspecified atom stereocenters. The third kappa shape index (κ3) is 3.00. The van der Waals surface area contributed by atoms with Crippen LogP contribution < -0.4 is 4.74 Å². The first-order valence-electron chi connectivity index (χ1n) is 6.66. The number of ether oxygens (including phenoxy) is 1. The number of hydrogen-bond donors (Lipinski definition) is 1. The number of aromatic hydroxyl groups is 1. The van der Waals surface area contributed by atoms with E-state index in [4.69, 9.17) is 16.3 Å². The van der Waals surface area contributed by atoms with Crippen LogP contribution in [0.3, 0.4) is 0 Å². The summed E-state index contributed by atoms with van der Waals surface area (Å²) in [4.78, 5) is 4.48. The molecule has 0 radical (unpaired) electrons. The molecule has 3 aromatic rings. The predicted octanol–water partition coefficient (Wildman–Crippen LogP) is 4.73. The number of benzene rings is 2. The standard InChI is InChI=1S/C17H11ClN2O2S/c1-22-14-8-10(7-12(18)16(14)21)6-11(9-19)17-20-13-4-2-3-5-15(13)23-17/h2-8,21H,1H3/b11-6+. The van der Waals surface area contributed by atoms with Crippen LogP contribution in [0.2, 0.25) is 5.02 Å². The highest BCUT2D eigenvalue weighted by atomic mass is 35.5. The number of phenols is 1. The molecule has 0 aliphatic rings. The van der Waals surface area contributed by atoms with Crippen molar-refractivity contribution in [1.29, 1.82) is 5.26 Å². The Kier molecular flexibility index (Phi) is 4.20. The molecular formula is C17H11ClN2O2S. The van der Waals surface area contributed by atoms with Crippen molar-refractivity contribution in [1.82, 2.24) is 4.98 Å². The number of allylic oxidation sites excluding steroid dienone is 1. The summed E-state index contributed by atoms with van der Waals surface area (Å²) in [5, 5.41) is 20.0. The number of thiazole rings is 1. The molecule has 0 amide bonds. The molecule has 0 saturated heterocycles. The topological polar surface area (TPSA) is 66.1 Å². The molecule has 2 aromatic carbocycles. The molecule has 0 bridgehead atoms. The highest BCUT2D eigenvalue weighted by Gasteiger charge is 2.11. The van der Waals surface area contributed by atoms with Gasteiger partial charge in [0.2, 0.25) is 0 Å². The molecule has 0 atom stereocenters. The fourth-order valence-corrected chi connectivity index (χ4v) is 3.28. The Hall–Kier alpha value is -2.55. The average Bonchev–Trinajstić information content (AvgIpc) is 2.99. The van der Waals surface area contributed by atoms with E-state index in [1.165, 1.54) is 18.4 Å². The second-order valence-electron chi connectivity index (χ2n) is 4.71. The van der Waals surface area contributed by atoms with Crippen molar-refractivity contribution in [3.63, 3.8) is 0 Å². The lowest BCUT2D eigenvalue weighted by molar-refractivity contribution is 0.373. The van der Waals surface area contributed by atoms with E-state index in [0.29, 0.717) is 16.1 Å². The first-order chi connectivity index (χ1) is 11.1. The summed E-state index contributed by atoms with van der Waals surface area (Å²) >= 11 is 7.43. The zero-order chi connectivity index (χ0) is 16.4. The lowest BCUT2D eigenvalue weighted by Crippen LogP contribution is -1.87. The van der Waals surface area contributed by atoms with Crippen molar-refractivity contribution < 1.29 is 9.84 Å². The molecule has 3 rings (SSSR count). The first kappa shape index (κ1) is 15.3. The van der Waals surface area contributed by atoms with Crippen LogP contribution in [0.5, 0.6) is 11.5 Å². The van der Waals surface area contributed by atoms with Gasteiger partial charge in [0.15, 0.2) is 11.5 Å². The van der Waals surface area contributed by atoms with Gasteiger partial charge < -0.3 is 9.84 Å². The molecule has 1 heterocycles. The molecule has 0 aliphatic carbocycles. The third-order valence-electron chi connectivity index (χ3n) is 3.23. The summed E-state index contributed by atoms with van der Waals surface area (Å²) in [6.45, 7) is 0. The minimum atomic E-state index is -0.121. The van der Waals surface area contributed by atoms with Crippen LogP contribution in [0.1, 0.15) is 10.6 Å². The van der Waals surface area contributed by atoms with Gasteiger partial charge in [-0.15, -0.1) is 11.3 Å². The summed E-state index contributed by atoms with van der Waals surface area (Å²) in [7, 11) is 1.44. The average molecular weight is 343 g/mol. The van der Waals surface area contributed by atoms with E-state index in [-0.39, 0.29) is 16.5 Å². The summed E-state index contributed by atoms with van der Waals surface area (Å²) in [5.74, 6) is 0.134. The number of rotatable bonds is 3. The highest BCUT2D eigenvalue weighted by molar-refractivity contribution is 7.19. The largest absolute Gasteiger partial charge is 0.503 e. The van der Waals surface area contributed by atoms with E-state index in [1.54, 1.807) is 18.2 Å². The van der Waals surface area contributed by atoms with Crippen LogP contribution >= 0.6 is 22.9 Å². The van der Waals surface area contributed by atoms with Crippen molar-refractivity contribution in [3.05, 3.63) is 52.0 Å². The summed E-state index contributed by atoms with van der Waals surface area (Å²) < 4.78 is 6.09. The van der Waals surface area contributed by atoms with Gasteiger partial charge in [-0.1, -0.05) is 23.7 Å². The maximum atomic E-state index is 9.77. The van der Waals surface area contributed by atoms with Crippen LogP contribution in [0.25, 0.3) is 21.9 Å². The molecular weight excluding hydrogens is 332 g/mol. The predicted molar refractivity (Wildman–Crippen MR) is 92.8 cm³/mol. The van der Waals surface area contributed by atoms with Gasteiger partial charge in [-0.05, 0) is 35.9 Å². The van der Waals surface area contributed by atoms with Crippen LogP contribution in [-0.2, 0) is 0 Å². The maximum absolute atomic E-state index is 9.77. The van der Waals surface area contributed by atoms with E-state index >= 15 is 0 Å². The second-order valence-corrected chi connectivity index (χ2v) is 6.15. The van der Waals surface area contributed by atoms with Crippen molar-refractivity contribution >= 4 is 44.8 Å². The number of fused-ring (bicyclic) bond motifs is 1. The lowest BCUT2D eigenvalue weighted by atomic mass is 10.1. The molecule has 0 saturated carbocycles. The van der Waals surface area contributed by atoms with Gasteiger partial charge in [-0.3, -0.25) is 0 Å². The molecule has 1 N–H and O–H groups in total. The van der Waals surface area contributed by atoms with Gasteiger partial charge in [-0.2, -0.15) is 5.26 Å². The zero-order valence-corrected chi connectivity index (χ0v) is 13.6. The van der Waals surface area contributed by atoms with E-state index in [9.17, 15) is 10.4 Å². The van der Waals surface area contributed by atoms with Gasteiger partial charge in [0, 0.05) is 0 Å². The van der Waals surface area contributed by atoms with E-state index in [2.05, 4.69) is 11.1 Å². The normalized spacial score (nSPS) is 11.4. The van der Waals surface area contributed by atoms with Gasteiger partial charge in [-0.25, -0.2) is 4.98 Å². The highest BCUT2D eigenvalue weighted by Crippen LogP contribution is 2.36. The summed E-state index contributed by atoms with van der Waals surface area (Å²) in [6, 6.07) is 13.1. The number of nitriles is 1. The van der Waals surface area contributed by atoms with E-state index < -0.39 is 0 Å². The lowest BCUT2D eigenvalue weighted by Gasteiger charge is -2.06. The number of nitrogens with zero attached hydrogens (tertiary/aromatic N) is 2. The molecule has 0 spiro atoms. The molecule has 4 nitrogen and oxygen atoms in total. The number of phenolic OH excluding ortho intramolecular Hbond substituents is 1. The number of hydrogen-bond acceptors (Lipinski definition) is 5. The monoisotopic (exact) mass is 342 g/mol. The van der Waals surface area contributed by atoms with Crippen molar-refractivity contribution in [2.45, 2.75) is 0 Å². The Balaban J connectivity index is 2.09. The van der Waals surface area contributed by atoms with Crippen LogP contribution in [-0.4, -0.2) is 17.2 Å². The molecule has 0 aliphatic heterocycles. The number of methoxy groups -OCH3 is 1. The Morgan fingerprint density at radius 2 is 2.17 bits per heavy atom. The number of aromatic nitrogens is 1. The van der Waals surface area contributed by atoms with Gasteiger partial charge in [0.25, 0.3) is 0 Å². The Bertz CT molecular complexity index is 924. The van der Waals surface area contributed by atoms with E-state index in [0.717, 1.165) is 10.2 Å². The summed E-state index contributed by atoms with van der Waals surface area (Å²) in [5.41, 5.74) is 1.94. The molecule has 23 heavy (non-hydrogen) atoms. The van der Waals surface area contributed by atoms with Crippen molar-refractivity contribution in [2.24, 2.45) is 0 Å². The molecule has 0 fully saturated rings. The van der Waals surface area contributed by atoms with Gasteiger partial charge in [0.05, 0.1) is 27.9 Å². The maximum Gasteiger partial charge on any atom is 0.176 e. The van der Waals surface area contributed by atoms with Crippen LogP contribution in [0.4, 0.5) is 0 Å². The molecule has 1 aromatic heterocycles. The van der Waals surface area contributed by atoms with Crippen molar-refractivity contribution in [3.8, 4) is 17.6 Å². The van der Waals surface area contributed by atoms with E-state index in [1.807, 2.05) is 24.3 Å². The third-order valence-corrected chi connectivity index (χ3v) is 4.58. The minimum Gasteiger partial charge on any atom is -0.503 e.